The van der Waals surface area contributed by atoms with E-state index in [9.17, 15) is 13.2 Å². The third-order valence-electron chi connectivity index (χ3n) is 2.92. The summed E-state index contributed by atoms with van der Waals surface area (Å²) in [5.41, 5.74) is -0.600. The summed E-state index contributed by atoms with van der Waals surface area (Å²) in [6.45, 7) is 4.11. The van der Waals surface area contributed by atoms with Crippen molar-refractivity contribution in [2.24, 2.45) is 10.9 Å². The molecule has 0 unspecified atom stereocenters. The molecule has 1 aliphatic heterocycles. The van der Waals surface area contributed by atoms with Gasteiger partial charge in [-0.3, -0.25) is 4.99 Å². The average molecular weight is 288 g/mol. The van der Waals surface area contributed by atoms with E-state index < -0.39 is 11.7 Å². The van der Waals surface area contributed by atoms with Crippen molar-refractivity contribution in [2.45, 2.75) is 26.1 Å². The van der Waals surface area contributed by atoms with Gasteiger partial charge in [0.1, 0.15) is 0 Å². The molecule has 19 heavy (non-hydrogen) atoms. The maximum Gasteiger partial charge on any atom is 0.418 e. The molecule has 2 rings (SSSR count). The first-order valence-corrected chi connectivity index (χ1v) is 7.00. The molecule has 1 aromatic rings. The van der Waals surface area contributed by atoms with E-state index in [2.05, 4.69) is 24.2 Å². The second kappa shape index (κ2) is 5.45. The lowest BCUT2D eigenvalue weighted by atomic mass is 10.1. The van der Waals surface area contributed by atoms with Crippen molar-refractivity contribution < 1.29 is 13.2 Å². The van der Waals surface area contributed by atoms with Gasteiger partial charge in [0.05, 0.1) is 17.3 Å². The van der Waals surface area contributed by atoms with E-state index in [1.54, 1.807) is 6.07 Å². The smallest absolute Gasteiger partial charge is 0.334 e. The number of alkyl halides is 3. The molecule has 0 saturated heterocycles. The van der Waals surface area contributed by atoms with Crippen molar-refractivity contribution in [1.82, 2.24) is 0 Å². The maximum atomic E-state index is 12.8. The minimum absolute atomic E-state index is 0.0608. The molecule has 0 aliphatic carbocycles. The molecule has 0 bridgehead atoms. The summed E-state index contributed by atoms with van der Waals surface area (Å²) >= 11 is 1.46. The Kier molecular flexibility index (Phi) is 4.08. The Bertz CT molecular complexity index is 483. The van der Waals surface area contributed by atoms with Crippen LogP contribution in [0.4, 0.5) is 18.9 Å². The Morgan fingerprint density at radius 1 is 1.32 bits per heavy atom. The number of hydrogen-bond acceptors (Lipinski definition) is 3. The number of halogens is 3. The fourth-order valence-corrected chi connectivity index (χ4v) is 2.93. The highest BCUT2D eigenvalue weighted by atomic mass is 32.2. The van der Waals surface area contributed by atoms with Gasteiger partial charge in [-0.1, -0.05) is 37.7 Å². The zero-order chi connectivity index (χ0) is 14.0. The second-order valence-corrected chi connectivity index (χ2v) is 5.73. The SMILES string of the molecule is CC(C)[C@H]1CSC(Nc2ccccc2C(F)(F)F)=N1. The Morgan fingerprint density at radius 2 is 2.00 bits per heavy atom. The van der Waals surface area contributed by atoms with Crippen LogP contribution in [0.3, 0.4) is 0 Å². The highest BCUT2D eigenvalue weighted by molar-refractivity contribution is 8.14. The summed E-state index contributed by atoms with van der Waals surface area (Å²) in [4.78, 5) is 4.41. The van der Waals surface area contributed by atoms with Crippen LogP contribution < -0.4 is 5.32 Å². The highest BCUT2D eigenvalue weighted by Gasteiger charge is 2.33. The summed E-state index contributed by atoms with van der Waals surface area (Å²) in [7, 11) is 0. The van der Waals surface area contributed by atoms with Crippen LogP contribution in [0, 0.1) is 5.92 Å². The van der Waals surface area contributed by atoms with Gasteiger partial charge in [-0.05, 0) is 18.1 Å². The molecule has 1 N–H and O–H groups in total. The van der Waals surface area contributed by atoms with Gasteiger partial charge in [0.25, 0.3) is 0 Å². The van der Waals surface area contributed by atoms with Gasteiger partial charge >= 0.3 is 6.18 Å². The molecule has 1 heterocycles. The van der Waals surface area contributed by atoms with E-state index in [-0.39, 0.29) is 11.7 Å². The maximum absolute atomic E-state index is 12.8. The summed E-state index contributed by atoms with van der Waals surface area (Å²) in [6, 6.07) is 5.63. The van der Waals surface area contributed by atoms with Crippen LogP contribution >= 0.6 is 11.8 Å². The first-order chi connectivity index (χ1) is 8.88. The molecule has 2 nitrogen and oxygen atoms in total. The lowest BCUT2D eigenvalue weighted by Gasteiger charge is -2.13. The van der Waals surface area contributed by atoms with E-state index in [0.717, 1.165) is 11.8 Å². The van der Waals surface area contributed by atoms with Gasteiger partial charge in [-0.15, -0.1) is 0 Å². The Hall–Kier alpha value is -1.17. The quantitative estimate of drug-likeness (QED) is 0.880. The Morgan fingerprint density at radius 3 is 2.58 bits per heavy atom. The van der Waals surface area contributed by atoms with Gasteiger partial charge in [0.2, 0.25) is 0 Å². The van der Waals surface area contributed by atoms with E-state index in [0.29, 0.717) is 11.1 Å². The van der Waals surface area contributed by atoms with Crippen molar-refractivity contribution >= 4 is 22.6 Å². The Labute approximate surface area is 114 Å². The number of nitrogens with zero attached hydrogens (tertiary/aromatic N) is 1. The van der Waals surface area contributed by atoms with E-state index in [4.69, 9.17) is 0 Å². The number of anilines is 1. The third-order valence-corrected chi connectivity index (χ3v) is 3.91. The number of rotatable bonds is 2. The van der Waals surface area contributed by atoms with Gasteiger partial charge in [0, 0.05) is 5.75 Å². The predicted molar refractivity (Wildman–Crippen MR) is 73.6 cm³/mol. The van der Waals surface area contributed by atoms with Crippen LogP contribution in [-0.2, 0) is 6.18 Å². The molecule has 0 fully saturated rings. The number of para-hydroxylation sites is 1. The predicted octanol–water partition coefficient (Wildman–Crippen LogP) is 4.24. The molecular formula is C13H15F3N2S. The fraction of sp³-hybridized carbons (Fsp3) is 0.462. The molecule has 0 spiro atoms. The van der Waals surface area contributed by atoms with Crippen LogP contribution in [0.1, 0.15) is 19.4 Å². The van der Waals surface area contributed by atoms with Gasteiger partial charge < -0.3 is 5.32 Å². The fourth-order valence-electron chi connectivity index (χ4n) is 1.75. The van der Waals surface area contributed by atoms with Crippen molar-refractivity contribution in [2.75, 3.05) is 11.1 Å². The van der Waals surface area contributed by atoms with E-state index in [1.807, 2.05) is 0 Å². The van der Waals surface area contributed by atoms with Crippen molar-refractivity contribution in [1.29, 1.82) is 0 Å². The number of hydrogen-bond donors (Lipinski definition) is 1. The monoisotopic (exact) mass is 288 g/mol. The molecule has 1 atom stereocenters. The van der Waals surface area contributed by atoms with Crippen LogP contribution in [0.25, 0.3) is 0 Å². The zero-order valence-electron chi connectivity index (χ0n) is 10.7. The minimum atomic E-state index is -4.36. The molecule has 0 aromatic heterocycles. The van der Waals surface area contributed by atoms with Crippen LogP contribution in [-0.4, -0.2) is 17.0 Å². The lowest BCUT2D eigenvalue weighted by molar-refractivity contribution is -0.136. The molecule has 0 amide bonds. The molecule has 0 saturated carbocycles. The van der Waals surface area contributed by atoms with Crippen molar-refractivity contribution in [3.05, 3.63) is 29.8 Å². The lowest BCUT2D eigenvalue weighted by Crippen LogP contribution is -2.14. The first-order valence-electron chi connectivity index (χ1n) is 6.02. The standard InChI is InChI=1S/C13H15F3N2S/c1-8(2)11-7-19-12(18-11)17-10-6-4-3-5-9(10)13(14,15)16/h3-6,8,11H,7H2,1-2H3,(H,17,18)/t11-/m1/s1. The first kappa shape index (κ1) is 14.2. The number of amidine groups is 1. The van der Waals surface area contributed by atoms with Crippen LogP contribution in [0.5, 0.6) is 0 Å². The average Bonchev–Trinajstić information content (AvgIpc) is 2.77. The molecule has 0 radical (unpaired) electrons. The summed E-state index contributed by atoms with van der Waals surface area (Å²) in [6.07, 6.45) is -4.36. The van der Waals surface area contributed by atoms with Gasteiger partial charge in [-0.25, -0.2) is 0 Å². The van der Waals surface area contributed by atoms with Crippen molar-refractivity contribution in [3.63, 3.8) is 0 Å². The van der Waals surface area contributed by atoms with E-state index in [1.165, 1.54) is 23.9 Å². The normalized spacial score (nSPS) is 19.7. The molecule has 1 aliphatic rings. The van der Waals surface area contributed by atoms with Gasteiger partial charge in [-0.2, -0.15) is 13.2 Å². The largest absolute Gasteiger partial charge is 0.418 e. The topological polar surface area (TPSA) is 24.4 Å². The van der Waals surface area contributed by atoms with Crippen LogP contribution in [0.2, 0.25) is 0 Å². The molecule has 6 heteroatoms. The molecular weight excluding hydrogens is 273 g/mol. The highest BCUT2D eigenvalue weighted by Crippen LogP contribution is 2.35. The third kappa shape index (κ3) is 3.43. The number of nitrogens with one attached hydrogen (secondary N) is 1. The minimum Gasteiger partial charge on any atom is -0.334 e. The molecule has 1 aromatic carbocycles. The van der Waals surface area contributed by atoms with Gasteiger partial charge in [0.15, 0.2) is 5.17 Å². The van der Waals surface area contributed by atoms with Crippen molar-refractivity contribution in [3.8, 4) is 0 Å². The summed E-state index contributed by atoms with van der Waals surface area (Å²) in [5, 5.41) is 3.36. The van der Waals surface area contributed by atoms with E-state index >= 15 is 0 Å². The number of aliphatic imine (C=N–C) groups is 1. The summed E-state index contributed by atoms with van der Waals surface area (Å²) in [5.74, 6) is 1.21. The second-order valence-electron chi connectivity index (χ2n) is 4.72. The molecule has 104 valence electrons. The number of benzene rings is 1. The summed E-state index contributed by atoms with van der Waals surface area (Å²) < 4.78 is 38.5. The zero-order valence-corrected chi connectivity index (χ0v) is 11.5. The van der Waals surface area contributed by atoms with Crippen LogP contribution in [0.15, 0.2) is 29.3 Å². The number of thioether (sulfide) groups is 1. The Balaban J connectivity index is 2.19.